The van der Waals surface area contributed by atoms with Gasteiger partial charge in [-0.3, -0.25) is 0 Å². The summed E-state index contributed by atoms with van der Waals surface area (Å²) in [6.45, 7) is 2.14. The monoisotopic (exact) mass is 222 g/mol. The Hall–Kier alpha value is -0.900. The Morgan fingerprint density at radius 1 is 1.25 bits per heavy atom. The van der Waals surface area contributed by atoms with Crippen molar-refractivity contribution in [1.29, 1.82) is 0 Å². The minimum absolute atomic E-state index is 0.0587. The second-order valence-corrected chi connectivity index (χ2v) is 4.26. The van der Waals surface area contributed by atoms with Crippen LogP contribution in [0.3, 0.4) is 0 Å². The minimum atomic E-state index is 0.0587. The van der Waals surface area contributed by atoms with Gasteiger partial charge >= 0.3 is 0 Å². The summed E-state index contributed by atoms with van der Waals surface area (Å²) in [4.78, 5) is 2.16. The summed E-state index contributed by atoms with van der Waals surface area (Å²) < 4.78 is 0. The minimum Gasteiger partial charge on any atom is -0.394 e. The van der Waals surface area contributed by atoms with E-state index in [2.05, 4.69) is 24.3 Å². The summed E-state index contributed by atoms with van der Waals surface area (Å²) in [5.41, 5.74) is 1.15. The lowest BCUT2D eigenvalue weighted by Gasteiger charge is -2.17. The molecule has 1 aromatic carbocycles. The molecule has 3 nitrogen and oxygen atoms in total. The second kappa shape index (κ2) is 7.39. The van der Waals surface area contributed by atoms with Gasteiger partial charge in [-0.15, -0.1) is 0 Å². The molecule has 1 aromatic rings. The number of benzene rings is 1. The Labute approximate surface area is 98.1 Å². The fraction of sp³-hybridized carbons (Fsp3) is 0.538. The van der Waals surface area contributed by atoms with Gasteiger partial charge in [-0.1, -0.05) is 30.3 Å². The maximum atomic E-state index is 9.32. The molecule has 0 aliphatic heterocycles. The van der Waals surface area contributed by atoms with Crippen molar-refractivity contribution >= 4 is 0 Å². The zero-order valence-electron chi connectivity index (χ0n) is 10.2. The van der Waals surface area contributed by atoms with Crippen LogP contribution in [0.1, 0.15) is 18.0 Å². The molecule has 0 aliphatic carbocycles. The molecule has 16 heavy (non-hydrogen) atoms. The van der Waals surface area contributed by atoms with Gasteiger partial charge in [0.25, 0.3) is 0 Å². The molecular weight excluding hydrogens is 200 g/mol. The molecule has 1 unspecified atom stereocenters. The molecule has 2 N–H and O–H groups in total. The lowest BCUT2D eigenvalue weighted by molar-refractivity contribution is 0.242. The molecule has 1 rings (SSSR count). The molecule has 90 valence electrons. The van der Waals surface area contributed by atoms with E-state index in [0.29, 0.717) is 0 Å². The lowest BCUT2D eigenvalue weighted by Crippen LogP contribution is -2.27. The standard InChI is InChI=1S/C13H22N2O/c1-15(2)10-6-9-14-13(11-16)12-7-4-3-5-8-12/h3-5,7-8,13-14,16H,6,9-11H2,1-2H3. The summed E-state index contributed by atoms with van der Waals surface area (Å²) in [6.07, 6.45) is 1.09. The van der Waals surface area contributed by atoms with Crippen molar-refractivity contribution in [3.8, 4) is 0 Å². The molecule has 0 fully saturated rings. The first-order valence-electron chi connectivity index (χ1n) is 5.78. The largest absolute Gasteiger partial charge is 0.394 e. The van der Waals surface area contributed by atoms with E-state index in [4.69, 9.17) is 0 Å². The molecule has 0 spiro atoms. The third kappa shape index (κ3) is 4.75. The lowest BCUT2D eigenvalue weighted by atomic mass is 10.1. The summed E-state index contributed by atoms with van der Waals surface area (Å²) in [7, 11) is 4.14. The van der Waals surface area contributed by atoms with Crippen molar-refractivity contribution in [1.82, 2.24) is 10.2 Å². The normalized spacial score (nSPS) is 13.0. The van der Waals surface area contributed by atoms with Gasteiger partial charge < -0.3 is 15.3 Å². The van der Waals surface area contributed by atoms with Gasteiger partial charge in [-0.2, -0.15) is 0 Å². The Kier molecular flexibility index (Phi) is 6.08. The van der Waals surface area contributed by atoms with E-state index in [-0.39, 0.29) is 12.6 Å². The van der Waals surface area contributed by atoms with Gasteiger partial charge in [-0.05, 0) is 39.2 Å². The predicted octanol–water partition coefficient (Wildman–Crippen LogP) is 1.26. The third-order valence-electron chi connectivity index (χ3n) is 2.56. The average Bonchev–Trinajstić information content (AvgIpc) is 2.30. The number of nitrogens with one attached hydrogen (secondary N) is 1. The fourth-order valence-corrected chi connectivity index (χ4v) is 1.64. The van der Waals surface area contributed by atoms with Gasteiger partial charge in [0.2, 0.25) is 0 Å². The molecule has 3 heteroatoms. The Balaban J connectivity index is 2.33. The quantitative estimate of drug-likeness (QED) is 0.682. The Morgan fingerprint density at radius 3 is 2.50 bits per heavy atom. The van der Waals surface area contributed by atoms with Crippen LogP contribution in [-0.4, -0.2) is 43.8 Å². The van der Waals surface area contributed by atoms with Gasteiger partial charge in [-0.25, -0.2) is 0 Å². The first-order chi connectivity index (χ1) is 7.74. The van der Waals surface area contributed by atoms with Crippen molar-refractivity contribution < 1.29 is 5.11 Å². The highest BCUT2D eigenvalue weighted by Crippen LogP contribution is 2.11. The molecule has 0 radical (unpaired) electrons. The molecule has 1 atom stereocenters. The number of hydrogen-bond acceptors (Lipinski definition) is 3. The summed E-state index contributed by atoms with van der Waals surface area (Å²) in [5, 5.41) is 12.7. The van der Waals surface area contributed by atoms with E-state index in [9.17, 15) is 5.11 Å². The molecular formula is C13H22N2O. The van der Waals surface area contributed by atoms with Gasteiger partial charge in [0.1, 0.15) is 0 Å². The van der Waals surface area contributed by atoms with Crippen LogP contribution in [0.25, 0.3) is 0 Å². The maximum Gasteiger partial charge on any atom is 0.0626 e. The van der Waals surface area contributed by atoms with Gasteiger partial charge in [0, 0.05) is 0 Å². The number of hydrogen-bond donors (Lipinski definition) is 2. The predicted molar refractivity (Wildman–Crippen MR) is 67.4 cm³/mol. The van der Waals surface area contributed by atoms with E-state index in [1.54, 1.807) is 0 Å². The van der Waals surface area contributed by atoms with E-state index in [1.165, 1.54) is 0 Å². The molecule has 0 amide bonds. The van der Waals surface area contributed by atoms with Crippen molar-refractivity contribution in [3.05, 3.63) is 35.9 Å². The fourth-order valence-electron chi connectivity index (χ4n) is 1.64. The van der Waals surface area contributed by atoms with Crippen molar-refractivity contribution in [3.63, 3.8) is 0 Å². The highest BCUT2D eigenvalue weighted by Gasteiger charge is 2.07. The van der Waals surface area contributed by atoms with Gasteiger partial charge in [0.15, 0.2) is 0 Å². The average molecular weight is 222 g/mol. The van der Waals surface area contributed by atoms with Crippen molar-refractivity contribution in [2.75, 3.05) is 33.8 Å². The third-order valence-corrected chi connectivity index (χ3v) is 2.56. The topological polar surface area (TPSA) is 35.5 Å². The van der Waals surface area contributed by atoms with E-state index in [0.717, 1.165) is 25.1 Å². The SMILES string of the molecule is CN(C)CCCNC(CO)c1ccccc1. The molecule has 0 heterocycles. The maximum absolute atomic E-state index is 9.32. The van der Waals surface area contributed by atoms with Crippen LogP contribution in [0, 0.1) is 0 Å². The Morgan fingerprint density at radius 2 is 1.94 bits per heavy atom. The molecule has 0 saturated carbocycles. The van der Waals surface area contributed by atoms with Crippen LogP contribution < -0.4 is 5.32 Å². The second-order valence-electron chi connectivity index (χ2n) is 4.26. The molecule has 0 aromatic heterocycles. The number of aliphatic hydroxyl groups is 1. The smallest absolute Gasteiger partial charge is 0.0626 e. The number of nitrogens with zero attached hydrogens (tertiary/aromatic N) is 1. The van der Waals surface area contributed by atoms with Crippen LogP contribution in [0.4, 0.5) is 0 Å². The first kappa shape index (κ1) is 13.2. The first-order valence-corrected chi connectivity index (χ1v) is 5.78. The molecule has 0 aliphatic rings. The van der Waals surface area contributed by atoms with Crippen molar-refractivity contribution in [2.45, 2.75) is 12.5 Å². The Bertz CT molecular complexity index is 275. The zero-order valence-corrected chi connectivity index (χ0v) is 10.2. The van der Waals surface area contributed by atoms with Crippen LogP contribution in [0.15, 0.2) is 30.3 Å². The summed E-state index contributed by atoms with van der Waals surface area (Å²) in [5.74, 6) is 0. The van der Waals surface area contributed by atoms with E-state index >= 15 is 0 Å². The van der Waals surface area contributed by atoms with Crippen LogP contribution in [0.5, 0.6) is 0 Å². The van der Waals surface area contributed by atoms with Crippen LogP contribution in [0.2, 0.25) is 0 Å². The zero-order chi connectivity index (χ0) is 11.8. The van der Waals surface area contributed by atoms with Gasteiger partial charge in [0.05, 0.1) is 12.6 Å². The van der Waals surface area contributed by atoms with Crippen molar-refractivity contribution in [2.24, 2.45) is 0 Å². The highest BCUT2D eigenvalue weighted by molar-refractivity contribution is 5.18. The van der Waals surface area contributed by atoms with E-state index < -0.39 is 0 Å². The summed E-state index contributed by atoms with van der Waals surface area (Å²) in [6, 6.07) is 10.1. The van der Waals surface area contributed by atoms with Crippen LogP contribution >= 0.6 is 0 Å². The van der Waals surface area contributed by atoms with E-state index in [1.807, 2.05) is 30.3 Å². The molecule has 0 saturated heterocycles. The highest BCUT2D eigenvalue weighted by atomic mass is 16.3. The number of rotatable bonds is 7. The summed E-state index contributed by atoms with van der Waals surface area (Å²) >= 11 is 0. The van der Waals surface area contributed by atoms with Crippen LogP contribution in [-0.2, 0) is 0 Å². The molecule has 0 bridgehead atoms. The number of aliphatic hydroxyl groups excluding tert-OH is 1.